The lowest BCUT2D eigenvalue weighted by molar-refractivity contribution is 0.0552. The number of hydrogen-bond acceptors (Lipinski definition) is 2. The highest BCUT2D eigenvalue weighted by molar-refractivity contribution is 5.37. The molecule has 3 aliphatic rings. The van der Waals surface area contributed by atoms with Gasteiger partial charge in [0, 0.05) is 25.2 Å². The molecule has 2 fully saturated rings. The molecule has 3 heterocycles. The molecule has 108 valence electrons. The van der Waals surface area contributed by atoms with Crippen molar-refractivity contribution in [2.24, 2.45) is 5.92 Å². The third kappa shape index (κ3) is 2.10. The number of aryl methyl sites for hydroxylation is 1. The van der Waals surface area contributed by atoms with E-state index in [1.165, 1.54) is 50.9 Å². The maximum Gasteiger partial charge on any atom is 0.0366 e. The molecule has 3 aliphatic heterocycles. The van der Waals surface area contributed by atoms with Crippen molar-refractivity contribution in [2.45, 2.75) is 51.1 Å². The minimum absolute atomic E-state index is 0.677. The van der Waals surface area contributed by atoms with Gasteiger partial charge in [-0.25, -0.2) is 0 Å². The zero-order valence-electron chi connectivity index (χ0n) is 12.6. The van der Waals surface area contributed by atoms with Crippen LogP contribution in [0.3, 0.4) is 0 Å². The number of piperidine rings is 2. The molecule has 2 heteroatoms. The van der Waals surface area contributed by atoms with Crippen LogP contribution in [0.2, 0.25) is 0 Å². The van der Waals surface area contributed by atoms with Crippen LogP contribution in [0.15, 0.2) is 18.2 Å². The summed E-state index contributed by atoms with van der Waals surface area (Å²) in [5.41, 5.74) is 4.75. The maximum absolute atomic E-state index is 3.78. The average molecular weight is 270 g/mol. The molecule has 0 aliphatic carbocycles. The van der Waals surface area contributed by atoms with Crippen molar-refractivity contribution in [3.05, 3.63) is 34.9 Å². The summed E-state index contributed by atoms with van der Waals surface area (Å²) in [5, 5.41) is 3.78. The van der Waals surface area contributed by atoms with Crippen molar-refractivity contribution in [3.63, 3.8) is 0 Å². The predicted molar refractivity (Wildman–Crippen MR) is 83.0 cm³/mol. The third-order valence-corrected chi connectivity index (χ3v) is 5.76. The van der Waals surface area contributed by atoms with Gasteiger partial charge in [-0.15, -0.1) is 0 Å². The fourth-order valence-corrected chi connectivity index (χ4v) is 4.59. The molecule has 0 spiro atoms. The summed E-state index contributed by atoms with van der Waals surface area (Å²) >= 11 is 0. The van der Waals surface area contributed by atoms with Gasteiger partial charge in [-0.1, -0.05) is 25.1 Å². The van der Waals surface area contributed by atoms with Crippen molar-refractivity contribution in [1.29, 1.82) is 0 Å². The summed E-state index contributed by atoms with van der Waals surface area (Å²) in [7, 11) is 0. The number of benzene rings is 1. The van der Waals surface area contributed by atoms with Gasteiger partial charge in [0.25, 0.3) is 0 Å². The summed E-state index contributed by atoms with van der Waals surface area (Å²) in [6.45, 7) is 6.08. The van der Waals surface area contributed by atoms with E-state index in [1.807, 2.05) is 0 Å². The van der Waals surface area contributed by atoms with Crippen LogP contribution in [0.4, 0.5) is 0 Å². The predicted octanol–water partition coefficient (Wildman–Crippen LogP) is 2.92. The van der Waals surface area contributed by atoms with Crippen LogP contribution in [0.25, 0.3) is 0 Å². The Kier molecular flexibility index (Phi) is 3.31. The van der Waals surface area contributed by atoms with E-state index in [1.54, 1.807) is 11.1 Å². The normalized spacial score (nSPS) is 33.1. The highest BCUT2D eigenvalue weighted by Gasteiger charge is 2.39. The van der Waals surface area contributed by atoms with Gasteiger partial charge in [-0.2, -0.15) is 0 Å². The van der Waals surface area contributed by atoms with Gasteiger partial charge in [-0.05, 0) is 61.3 Å². The first-order valence-corrected chi connectivity index (χ1v) is 8.44. The molecular weight excluding hydrogens is 244 g/mol. The average Bonchev–Trinajstić information content (AvgIpc) is 2.52. The first kappa shape index (κ1) is 12.8. The van der Waals surface area contributed by atoms with E-state index < -0.39 is 0 Å². The zero-order chi connectivity index (χ0) is 13.5. The first-order valence-electron chi connectivity index (χ1n) is 8.44. The molecule has 1 aromatic carbocycles. The van der Waals surface area contributed by atoms with E-state index in [9.17, 15) is 0 Å². The van der Waals surface area contributed by atoms with Crippen LogP contribution in [0.1, 0.15) is 48.9 Å². The van der Waals surface area contributed by atoms with Crippen molar-refractivity contribution in [2.75, 3.05) is 19.6 Å². The number of nitrogens with one attached hydrogen (secondary N) is 1. The second-order valence-corrected chi connectivity index (χ2v) is 6.85. The minimum atomic E-state index is 0.677. The monoisotopic (exact) mass is 270 g/mol. The molecule has 0 aromatic heterocycles. The van der Waals surface area contributed by atoms with Crippen molar-refractivity contribution < 1.29 is 0 Å². The second-order valence-electron chi connectivity index (χ2n) is 6.85. The van der Waals surface area contributed by atoms with Gasteiger partial charge in [0.15, 0.2) is 0 Å². The van der Waals surface area contributed by atoms with Crippen LogP contribution in [-0.4, -0.2) is 30.6 Å². The Morgan fingerprint density at radius 2 is 2.30 bits per heavy atom. The van der Waals surface area contributed by atoms with Gasteiger partial charge in [0.05, 0.1) is 0 Å². The Morgan fingerprint density at radius 3 is 3.20 bits per heavy atom. The Labute approximate surface area is 122 Å². The lowest BCUT2D eigenvalue weighted by Crippen LogP contribution is -2.54. The SMILES string of the molecule is CCc1ccc2c(c1)CCN1C[C@@H]3CCCN[C@@H]3C[C@H]21. The van der Waals surface area contributed by atoms with Crippen LogP contribution in [0, 0.1) is 5.92 Å². The van der Waals surface area contributed by atoms with Crippen LogP contribution in [0.5, 0.6) is 0 Å². The summed E-state index contributed by atoms with van der Waals surface area (Å²) in [5.74, 6) is 0.900. The molecule has 2 nitrogen and oxygen atoms in total. The fraction of sp³-hybridized carbons (Fsp3) is 0.667. The van der Waals surface area contributed by atoms with Gasteiger partial charge < -0.3 is 5.32 Å². The molecule has 0 amide bonds. The lowest BCUT2D eigenvalue weighted by Gasteiger charge is -2.49. The smallest absolute Gasteiger partial charge is 0.0366 e. The molecule has 2 saturated heterocycles. The van der Waals surface area contributed by atoms with Crippen LogP contribution >= 0.6 is 0 Å². The number of rotatable bonds is 1. The van der Waals surface area contributed by atoms with E-state index in [-0.39, 0.29) is 0 Å². The fourth-order valence-electron chi connectivity index (χ4n) is 4.59. The standard InChI is InChI=1S/C18H26N2/c1-2-13-5-6-16-14(10-13)7-9-20-12-15-4-3-8-19-17(15)11-18(16)20/h5-6,10,15,17-19H,2-4,7-9,11-12H2,1H3/t15-,17+,18+/m0/s1. The quantitative estimate of drug-likeness (QED) is 0.844. The van der Waals surface area contributed by atoms with Gasteiger partial charge in [0.1, 0.15) is 0 Å². The summed E-state index contributed by atoms with van der Waals surface area (Å²) in [4.78, 5) is 2.77. The van der Waals surface area contributed by atoms with E-state index in [2.05, 4.69) is 35.3 Å². The van der Waals surface area contributed by atoms with Gasteiger partial charge in [0.2, 0.25) is 0 Å². The molecule has 0 bridgehead atoms. The van der Waals surface area contributed by atoms with E-state index in [0.717, 1.165) is 18.4 Å². The molecular formula is C18H26N2. The van der Waals surface area contributed by atoms with Gasteiger partial charge >= 0.3 is 0 Å². The zero-order valence-corrected chi connectivity index (χ0v) is 12.6. The minimum Gasteiger partial charge on any atom is -0.314 e. The molecule has 3 atom stereocenters. The maximum atomic E-state index is 3.78. The molecule has 0 saturated carbocycles. The van der Waals surface area contributed by atoms with E-state index in [4.69, 9.17) is 0 Å². The van der Waals surface area contributed by atoms with E-state index in [0.29, 0.717) is 6.04 Å². The highest BCUT2D eigenvalue weighted by Crippen LogP contribution is 2.40. The number of nitrogens with zero attached hydrogens (tertiary/aromatic N) is 1. The van der Waals surface area contributed by atoms with Crippen LogP contribution in [-0.2, 0) is 12.8 Å². The van der Waals surface area contributed by atoms with Gasteiger partial charge in [-0.3, -0.25) is 4.90 Å². The first-order chi connectivity index (χ1) is 9.85. The number of fused-ring (bicyclic) bond motifs is 4. The molecule has 0 radical (unpaired) electrons. The van der Waals surface area contributed by atoms with Crippen molar-refractivity contribution in [1.82, 2.24) is 10.2 Å². The second kappa shape index (κ2) is 5.16. The number of hydrogen-bond donors (Lipinski definition) is 1. The molecule has 1 aromatic rings. The molecule has 4 rings (SSSR count). The molecule has 0 unspecified atom stereocenters. The van der Waals surface area contributed by atoms with E-state index >= 15 is 0 Å². The Bertz CT molecular complexity index is 496. The summed E-state index contributed by atoms with van der Waals surface area (Å²) < 4.78 is 0. The summed E-state index contributed by atoms with van der Waals surface area (Å²) in [6.07, 6.45) is 6.54. The van der Waals surface area contributed by atoms with Crippen LogP contribution < -0.4 is 5.32 Å². The van der Waals surface area contributed by atoms with Crippen molar-refractivity contribution in [3.8, 4) is 0 Å². The summed E-state index contributed by atoms with van der Waals surface area (Å²) in [6, 6.07) is 8.68. The molecule has 20 heavy (non-hydrogen) atoms. The Hall–Kier alpha value is -0.860. The topological polar surface area (TPSA) is 15.3 Å². The largest absolute Gasteiger partial charge is 0.314 e. The third-order valence-electron chi connectivity index (χ3n) is 5.76. The Morgan fingerprint density at radius 1 is 1.35 bits per heavy atom. The van der Waals surface area contributed by atoms with Crippen molar-refractivity contribution >= 4 is 0 Å². The highest BCUT2D eigenvalue weighted by atomic mass is 15.2. The Balaban J connectivity index is 1.63. The lowest BCUT2D eigenvalue weighted by atomic mass is 9.77. The molecule has 1 N–H and O–H groups in total.